The van der Waals surface area contributed by atoms with Crippen molar-refractivity contribution >= 4 is 5.69 Å². The molecule has 0 saturated carbocycles. The van der Waals surface area contributed by atoms with Gasteiger partial charge in [-0.15, -0.1) is 0 Å². The molecule has 3 nitrogen and oxygen atoms in total. The van der Waals surface area contributed by atoms with Crippen LogP contribution >= 0.6 is 0 Å². The molecule has 1 heterocycles. The van der Waals surface area contributed by atoms with Crippen LogP contribution < -0.4 is 5.73 Å². The number of nitrogens with two attached hydrogens (primary N) is 1. The van der Waals surface area contributed by atoms with Crippen LogP contribution in [0, 0.1) is 0 Å². The Balaban J connectivity index is 1.05. The summed E-state index contributed by atoms with van der Waals surface area (Å²) in [5, 5.41) is 0. The van der Waals surface area contributed by atoms with E-state index in [2.05, 4.69) is 178 Å². The van der Waals surface area contributed by atoms with E-state index < -0.39 is 5.41 Å². The third kappa shape index (κ3) is 5.42. The number of benzene rings is 8. The molecule has 2 aliphatic carbocycles. The fourth-order valence-electron chi connectivity index (χ4n) is 9.94. The Morgan fingerprint density at radius 2 is 0.797 bits per heavy atom. The molecule has 59 heavy (non-hydrogen) atoms. The zero-order chi connectivity index (χ0) is 39.7. The Morgan fingerprint density at radius 3 is 1.41 bits per heavy atom. The number of nitrogens with zero attached hydrogens (tertiary/aromatic N) is 2. The van der Waals surface area contributed by atoms with Crippen molar-refractivity contribution < 1.29 is 0 Å². The van der Waals surface area contributed by atoms with Crippen molar-refractivity contribution in [2.75, 3.05) is 5.73 Å². The van der Waals surface area contributed by atoms with E-state index in [0.29, 0.717) is 5.82 Å². The van der Waals surface area contributed by atoms with Gasteiger partial charge in [-0.05, 0) is 103 Å². The maximum absolute atomic E-state index is 6.17. The first-order valence-corrected chi connectivity index (χ1v) is 20.4. The highest BCUT2D eigenvalue weighted by atomic mass is 14.9. The lowest BCUT2D eigenvalue weighted by Crippen LogP contribution is -2.40. The molecule has 8 aromatic carbocycles. The summed E-state index contributed by atoms with van der Waals surface area (Å²) in [7, 11) is 0. The second kappa shape index (κ2) is 13.4. The summed E-state index contributed by atoms with van der Waals surface area (Å²) in [6, 6.07) is 72.0. The molecule has 1 spiro atoms. The summed E-state index contributed by atoms with van der Waals surface area (Å²) in [6.07, 6.45) is 0. The maximum atomic E-state index is 6.17. The van der Waals surface area contributed by atoms with E-state index in [1.165, 1.54) is 50.1 Å². The Labute approximate surface area is 345 Å². The quantitative estimate of drug-likeness (QED) is 0.178. The van der Waals surface area contributed by atoms with Gasteiger partial charge in [0.1, 0.15) is 0 Å². The molecule has 0 aliphatic heterocycles. The molecule has 0 amide bonds. The highest BCUT2D eigenvalue weighted by Gasteiger charge is 2.53. The number of anilines is 1. The maximum Gasteiger partial charge on any atom is 0.160 e. The first-order valence-electron chi connectivity index (χ1n) is 20.4. The third-order valence-electron chi connectivity index (χ3n) is 12.7. The first kappa shape index (κ1) is 34.9. The zero-order valence-electron chi connectivity index (χ0n) is 33.0. The van der Waals surface area contributed by atoms with Crippen molar-refractivity contribution in [3.05, 3.63) is 234 Å². The molecule has 0 fully saturated rings. The van der Waals surface area contributed by atoms with E-state index in [9.17, 15) is 0 Å². The Bertz CT molecular complexity index is 3050. The number of fused-ring (bicyclic) bond motifs is 9. The Kier molecular flexibility index (Phi) is 7.89. The fraction of sp³-hybridized carbons (Fsp3) is 0.0714. The normalized spacial score (nSPS) is 13.9. The molecular formula is C56H41N3. The minimum atomic E-state index is -0.412. The second-order valence-electron chi connectivity index (χ2n) is 16.4. The summed E-state index contributed by atoms with van der Waals surface area (Å²) in [4.78, 5) is 10.3. The Morgan fingerprint density at radius 1 is 0.339 bits per heavy atom. The van der Waals surface area contributed by atoms with E-state index >= 15 is 0 Å². The molecule has 0 unspecified atom stereocenters. The van der Waals surface area contributed by atoms with Gasteiger partial charge < -0.3 is 5.73 Å². The second-order valence-corrected chi connectivity index (χ2v) is 16.4. The molecule has 2 N–H and O–H groups in total. The van der Waals surface area contributed by atoms with Gasteiger partial charge in [-0.3, -0.25) is 0 Å². The number of nitrogen functional groups attached to an aromatic ring is 1. The lowest BCUT2D eigenvalue weighted by molar-refractivity contribution is 0.563. The highest BCUT2D eigenvalue weighted by molar-refractivity contribution is 5.91. The largest absolute Gasteiger partial charge is 0.399 e. The third-order valence-corrected chi connectivity index (χ3v) is 12.7. The van der Waals surface area contributed by atoms with Crippen molar-refractivity contribution in [1.82, 2.24) is 9.97 Å². The van der Waals surface area contributed by atoms with Crippen LogP contribution in [0.25, 0.3) is 67.3 Å². The van der Waals surface area contributed by atoms with Crippen LogP contribution in [-0.2, 0) is 10.8 Å². The van der Waals surface area contributed by atoms with E-state index in [1.807, 2.05) is 36.4 Å². The molecule has 3 heteroatoms. The standard InChI is InChI=1S/C56H41N3/c1-55(2)48-25-8-10-27-50(48)56(51-28-11-9-26-49(51)55)46-24-7-6-23-44(46)45-34-40(29-30-47(45)56)38-18-13-21-42(32-38)53-35-52(58-54(59-53)36-15-4-3-5-16-36)41-20-12-17-37(31-41)39-19-14-22-43(57)33-39/h3-35H,57H2,1-2H3. The van der Waals surface area contributed by atoms with Gasteiger partial charge in [0.25, 0.3) is 0 Å². The molecule has 0 saturated heterocycles. The average molecular weight is 756 g/mol. The molecule has 280 valence electrons. The van der Waals surface area contributed by atoms with Crippen molar-refractivity contribution in [2.45, 2.75) is 24.7 Å². The highest BCUT2D eigenvalue weighted by Crippen LogP contribution is 2.62. The summed E-state index contributed by atoms with van der Waals surface area (Å²) < 4.78 is 0. The first-order chi connectivity index (χ1) is 28.9. The Hall–Kier alpha value is -7.36. The van der Waals surface area contributed by atoms with Crippen LogP contribution in [0.5, 0.6) is 0 Å². The van der Waals surface area contributed by atoms with Gasteiger partial charge in [0.2, 0.25) is 0 Å². The molecule has 9 aromatic rings. The van der Waals surface area contributed by atoms with Gasteiger partial charge in [0, 0.05) is 27.8 Å². The monoisotopic (exact) mass is 755 g/mol. The van der Waals surface area contributed by atoms with Crippen LogP contribution in [0.15, 0.2) is 200 Å². The minimum absolute atomic E-state index is 0.128. The molecular weight excluding hydrogens is 715 g/mol. The summed E-state index contributed by atoms with van der Waals surface area (Å²) >= 11 is 0. The number of rotatable bonds is 5. The van der Waals surface area contributed by atoms with E-state index in [-0.39, 0.29) is 5.41 Å². The minimum Gasteiger partial charge on any atom is -0.399 e. The molecule has 2 aliphatic rings. The van der Waals surface area contributed by atoms with E-state index in [0.717, 1.165) is 50.5 Å². The summed E-state index contributed by atoms with van der Waals surface area (Å²) in [6.45, 7) is 4.74. The van der Waals surface area contributed by atoms with Gasteiger partial charge in [-0.1, -0.05) is 178 Å². The van der Waals surface area contributed by atoms with Crippen LogP contribution in [0.1, 0.15) is 47.2 Å². The number of hydrogen-bond acceptors (Lipinski definition) is 3. The van der Waals surface area contributed by atoms with Crippen LogP contribution in [0.4, 0.5) is 5.69 Å². The average Bonchev–Trinajstić information content (AvgIpc) is 3.59. The topological polar surface area (TPSA) is 51.8 Å². The van der Waals surface area contributed by atoms with Gasteiger partial charge in [-0.2, -0.15) is 0 Å². The van der Waals surface area contributed by atoms with Gasteiger partial charge in [0.05, 0.1) is 16.8 Å². The van der Waals surface area contributed by atoms with Gasteiger partial charge in [0.15, 0.2) is 5.82 Å². The van der Waals surface area contributed by atoms with E-state index in [4.69, 9.17) is 15.7 Å². The van der Waals surface area contributed by atoms with Crippen LogP contribution in [0.3, 0.4) is 0 Å². The number of hydrogen-bond donors (Lipinski definition) is 1. The van der Waals surface area contributed by atoms with Gasteiger partial charge >= 0.3 is 0 Å². The molecule has 0 radical (unpaired) electrons. The molecule has 0 atom stereocenters. The molecule has 11 rings (SSSR count). The lowest BCUT2D eigenvalue weighted by Gasteiger charge is -2.46. The molecule has 0 bridgehead atoms. The predicted molar refractivity (Wildman–Crippen MR) is 243 cm³/mol. The van der Waals surface area contributed by atoms with E-state index in [1.54, 1.807) is 0 Å². The van der Waals surface area contributed by atoms with Crippen molar-refractivity contribution in [3.8, 4) is 67.3 Å². The summed E-state index contributed by atoms with van der Waals surface area (Å²) in [5.74, 6) is 0.688. The smallest absolute Gasteiger partial charge is 0.160 e. The predicted octanol–water partition coefficient (Wildman–Crippen LogP) is 13.4. The summed E-state index contributed by atoms with van der Waals surface area (Å²) in [5.41, 5.74) is 26.3. The number of aromatic nitrogens is 2. The van der Waals surface area contributed by atoms with Crippen molar-refractivity contribution in [3.63, 3.8) is 0 Å². The molecule has 1 aromatic heterocycles. The van der Waals surface area contributed by atoms with Crippen molar-refractivity contribution in [2.24, 2.45) is 0 Å². The lowest BCUT2D eigenvalue weighted by atomic mass is 9.55. The zero-order valence-corrected chi connectivity index (χ0v) is 33.0. The van der Waals surface area contributed by atoms with Crippen molar-refractivity contribution in [1.29, 1.82) is 0 Å². The van der Waals surface area contributed by atoms with Crippen LogP contribution in [0.2, 0.25) is 0 Å². The van der Waals surface area contributed by atoms with Crippen LogP contribution in [-0.4, -0.2) is 9.97 Å². The fourth-order valence-corrected chi connectivity index (χ4v) is 9.94. The SMILES string of the molecule is CC1(C)c2ccccc2C2(c3ccccc3-c3cc(-c4cccc(-c5cc(-c6cccc(-c7cccc(N)c7)c6)nc(-c6ccccc6)n5)c4)ccc32)c2ccccc21. The van der Waals surface area contributed by atoms with Gasteiger partial charge in [-0.25, -0.2) is 9.97 Å².